The molecule has 2 nitrogen and oxygen atoms in total. The number of terminal acetylenes is 1. The highest BCUT2D eigenvalue weighted by Crippen LogP contribution is 2.34. The molecule has 1 heterocycles. The van der Waals surface area contributed by atoms with Crippen molar-refractivity contribution >= 4 is 0 Å². The van der Waals surface area contributed by atoms with Gasteiger partial charge in [-0.2, -0.15) is 0 Å². The molecule has 2 heteroatoms. The third-order valence-corrected chi connectivity index (χ3v) is 3.80. The van der Waals surface area contributed by atoms with E-state index >= 15 is 0 Å². The van der Waals surface area contributed by atoms with Crippen LogP contribution < -0.4 is 5.32 Å². The molecular weight excluding hydrogens is 184 g/mol. The van der Waals surface area contributed by atoms with Gasteiger partial charge in [-0.15, -0.1) is 6.42 Å². The number of nitrogens with zero attached hydrogens (tertiary/aromatic N) is 1. The van der Waals surface area contributed by atoms with Gasteiger partial charge in [0.1, 0.15) is 0 Å². The first kappa shape index (κ1) is 12.5. The Morgan fingerprint density at radius 1 is 1.53 bits per heavy atom. The van der Waals surface area contributed by atoms with Crippen LogP contribution in [-0.4, -0.2) is 37.6 Å². The molecule has 0 aliphatic carbocycles. The van der Waals surface area contributed by atoms with E-state index < -0.39 is 0 Å². The van der Waals surface area contributed by atoms with Gasteiger partial charge in [0.05, 0.1) is 6.54 Å². The van der Waals surface area contributed by atoms with Crippen LogP contribution in [0, 0.1) is 23.7 Å². The van der Waals surface area contributed by atoms with Gasteiger partial charge in [-0.25, -0.2) is 0 Å². The molecule has 86 valence electrons. The van der Waals surface area contributed by atoms with E-state index in [1.807, 2.05) is 0 Å². The van der Waals surface area contributed by atoms with Crippen molar-refractivity contribution in [3.63, 3.8) is 0 Å². The van der Waals surface area contributed by atoms with Gasteiger partial charge in [-0.05, 0) is 30.8 Å². The Kier molecular flexibility index (Phi) is 4.63. The highest BCUT2D eigenvalue weighted by molar-refractivity contribution is 4.95. The molecule has 1 unspecified atom stereocenters. The van der Waals surface area contributed by atoms with Gasteiger partial charge in [0.25, 0.3) is 0 Å². The van der Waals surface area contributed by atoms with Gasteiger partial charge < -0.3 is 5.32 Å². The zero-order valence-corrected chi connectivity index (χ0v) is 10.3. The maximum Gasteiger partial charge on any atom is 0.0599 e. The lowest BCUT2D eigenvalue weighted by Gasteiger charge is -2.37. The van der Waals surface area contributed by atoms with E-state index in [1.165, 1.54) is 6.42 Å². The Morgan fingerprint density at radius 3 is 2.67 bits per heavy atom. The summed E-state index contributed by atoms with van der Waals surface area (Å²) in [6.07, 6.45) is 6.67. The van der Waals surface area contributed by atoms with Crippen LogP contribution in [0.25, 0.3) is 0 Å². The molecule has 0 bridgehead atoms. The zero-order chi connectivity index (χ0) is 11.3. The highest BCUT2D eigenvalue weighted by atomic mass is 15.1. The summed E-state index contributed by atoms with van der Waals surface area (Å²) in [6.45, 7) is 12.1. The van der Waals surface area contributed by atoms with Crippen LogP contribution in [0.5, 0.6) is 0 Å². The normalized spacial score (nSPS) is 26.1. The molecule has 1 N–H and O–H groups in total. The van der Waals surface area contributed by atoms with Crippen molar-refractivity contribution in [2.24, 2.45) is 11.3 Å². The molecule has 15 heavy (non-hydrogen) atoms. The lowest BCUT2D eigenvalue weighted by Crippen LogP contribution is -2.42. The van der Waals surface area contributed by atoms with Crippen LogP contribution in [0.2, 0.25) is 0 Å². The third kappa shape index (κ3) is 2.96. The molecule has 0 saturated carbocycles. The standard InChI is InChI=1S/C13H24N2/c1-5-9-15(6-2)11-13(12(3)4)7-8-14-10-13/h1,12,14H,6-11H2,2-4H3. The van der Waals surface area contributed by atoms with Crippen LogP contribution in [0.4, 0.5) is 0 Å². The van der Waals surface area contributed by atoms with Crippen molar-refractivity contribution in [1.82, 2.24) is 10.2 Å². The molecule has 0 radical (unpaired) electrons. The fraction of sp³-hybridized carbons (Fsp3) is 0.846. The van der Waals surface area contributed by atoms with E-state index in [0.29, 0.717) is 5.41 Å². The maximum absolute atomic E-state index is 5.39. The summed E-state index contributed by atoms with van der Waals surface area (Å²) >= 11 is 0. The van der Waals surface area contributed by atoms with E-state index in [2.05, 4.69) is 36.9 Å². The molecule has 0 aromatic rings. The molecule has 0 aromatic heterocycles. The number of nitrogens with one attached hydrogen (secondary N) is 1. The summed E-state index contributed by atoms with van der Waals surface area (Å²) in [6, 6.07) is 0. The SMILES string of the molecule is C#CCN(CC)CC1(C(C)C)CCNC1. The highest BCUT2D eigenvalue weighted by Gasteiger charge is 2.37. The Balaban J connectivity index is 2.62. The van der Waals surface area contributed by atoms with Crippen LogP contribution in [0.3, 0.4) is 0 Å². The van der Waals surface area contributed by atoms with Gasteiger partial charge in [0.15, 0.2) is 0 Å². The summed E-state index contributed by atoms with van der Waals surface area (Å²) in [5.41, 5.74) is 0.437. The van der Waals surface area contributed by atoms with Gasteiger partial charge in [-0.3, -0.25) is 4.90 Å². The van der Waals surface area contributed by atoms with Crippen molar-refractivity contribution in [1.29, 1.82) is 0 Å². The van der Waals surface area contributed by atoms with Crippen molar-refractivity contribution in [2.75, 3.05) is 32.7 Å². The molecular formula is C13H24N2. The minimum absolute atomic E-state index is 0.437. The van der Waals surface area contributed by atoms with Crippen molar-refractivity contribution in [2.45, 2.75) is 27.2 Å². The van der Waals surface area contributed by atoms with Crippen molar-refractivity contribution in [3.05, 3.63) is 0 Å². The van der Waals surface area contributed by atoms with E-state index in [-0.39, 0.29) is 0 Å². The molecule has 0 spiro atoms. The molecule has 1 aliphatic heterocycles. The first-order chi connectivity index (χ1) is 7.14. The predicted molar refractivity (Wildman–Crippen MR) is 65.7 cm³/mol. The van der Waals surface area contributed by atoms with E-state index in [9.17, 15) is 0 Å². The van der Waals surface area contributed by atoms with Crippen LogP contribution in [0.1, 0.15) is 27.2 Å². The Labute approximate surface area is 94.4 Å². The number of hydrogen-bond donors (Lipinski definition) is 1. The lowest BCUT2D eigenvalue weighted by molar-refractivity contribution is 0.131. The maximum atomic E-state index is 5.39. The van der Waals surface area contributed by atoms with E-state index in [0.717, 1.165) is 38.6 Å². The molecule has 1 aliphatic rings. The summed E-state index contributed by atoms with van der Waals surface area (Å²) in [4.78, 5) is 2.38. The fourth-order valence-corrected chi connectivity index (χ4v) is 2.43. The molecule has 1 saturated heterocycles. The van der Waals surface area contributed by atoms with Crippen LogP contribution >= 0.6 is 0 Å². The Hall–Kier alpha value is -0.520. The van der Waals surface area contributed by atoms with E-state index in [4.69, 9.17) is 6.42 Å². The predicted octanol–water partition coefficient (Wildman–Crippen LogP) is 1.58. The first-order valence-corrected chi connectivity index (χ1v) is 6.01. The monoisotopic (exact) mass is 208 g/mol. The first-order valence-electron chi connectivity index (χ1n) is 6.01. The molecule has 0 aromatic carbocycles. The van der Waals surface area contributed by atoms with Crippen LogP contribution in [0.15, 0.2) is 0 Å². The van der Waals surface area contributed by atoms with Crippen molar-refractivity contribution in [3.8, 4) is 12.3 Å². The molecule has 0 amide bonds. The minimum atomic E-state index is 0.437. The largest absolute Gasteiger partial charge is 0.316 e. The second-order valence-electron chi connectivity index (χ2n) is 4.95. The van der Waals surface area contributed by atoms with Crippen molar-refractivity contribution < 1.29 is 0 Å². The molecule has 1 rings (SSSR count). The second kappa shape index (κ2) is 5.53. The quantitative estimate of drug-likeness (QED) is 0.690. The average molecular weight is 208 g/mol. The van der Waals surface area contributed by atoms with Gasteiger partial charge in [0.2, 0.25) is 0 Å². The van der Waals surface area contributed by atoms with E-state index in [1.54, 1.807) is 0 Å². The van der Waals surface area contributed by atoms with Gasteiger partial charge >= 0.3 is 0 Å². The topological polar surface area (TPSA) is 15.3 Å². The Morgan fingerprint density at radius 2 is 2.27 bits per heavy atom. The fourth-order valence-electron chi connectivity index (χ4n) is 2.43. The summed E-state index contributed by atoms with van der Waals surface area (Å²) in [5.74, 6) is 3.48. The second-order valence-corrected chi connectivity index (χ2v) is 4.95. The summed E-state index contributed by atoms with van der Waals surface area (Å²) in [5, 5.41) is 3.49. The number of hydrogen-bond acceptors (Lipinski definition) is 2. The molecule has 1 atom stereocenters. The zero-order valence-electron chi connectivity index (χ0n) is 10.3. The van der Waals surface area contributed by atoms with Gasteiger partial charge in [0, 0.05) is 13.1 Å². The smallest absolute Gasteiger partial charge is 0.0599 e. The Bertz CT molecular complexity index is 221. The summed E-state index contributed by atoms with van der Waals surface area (Å²) < 4.78 is 0. The van der Waals surface area contributed by atoms with Gasteiger partial charge in [-0.1, -0.05) is 26.7 Å². The lowest BCUT2D eigenvalue weighted by atomic mass is 9.76. The third-order valence-electron chi connectivity index (χ3n) is 3.80. The minimum Gasteiger partial charge on any atom is -0.316 e. The van der Waals surface area contributed by atoms with Crippen LogP contribution in [-0.2, 0) is 0 Å². The number of rotatable bonds is 5. The molecule has 1 fully saturated rings. The summed E-state index contributed by atoms with van der Waals surface area (Å²) in [7, 11) is 0. The average Bonchev–Trinajstić information content (AvgIpc) is 2.67.